The smallest absolute Gasteiger partial charge is 0.225 e. The number of Topliss-reactive ketones (excluding diaryl/α,β-unsaturated/α-hetero) is 1. The van der Waals surface area contributed by atoms with Gasteiger partial charge in [-0.05, 0) is 37.1 Å². The van der Waals surface area contributed by atoms with Crippen LogP contribution in [0.3, 0.4) is 0 Å². The Morgan fingerprint density at radius 3 is 2.38 bits per heavy atom. The van der Waals surface area contributed by atoms with Gasteiger partial charge >= 0.3 is 0 Å². The maximum atomic E-state index is 14.1. The number of para-hydroxylation sites is 2. The summed E-state index contributed by atoms with van der Waals surface area (Å²) in [5.41, 5.74) is 3.45. The number of fused-ring (bicyclic) bond motifs is 1. The summed E-state index contributed by atoms with van der Waals surface area (Å²) in [5.74, 6) is 0.531. The number of phenolic OH excluding ortho intramolecular Hbond substituents is 1. The van der Waals surface area contributed by atoms with Crippen LogP contribution in [0, 0.1) is 12.7 Å². The molecule has 1 saturated heterocycles. The standard InChI is InChI=1S/C25H25FN4O2/c1-16-24-20(14-17(15-23(24)32)18-6-2-5-9-22(18)31)28-25(27-16)30-12-10-29(11-13-30)21-8-4-3-7-19(21)26/h2-9,17,31H,10-15H2,1H3/t17-/m0/s1. The highest BCUT2D eigenvalue weighted by Crippen LogP contribution is 2.37. The van der Waals surface area contributed by atoms with Crippen LogP contribution in [0.15, 0.2) is 48.5 Å². The molecule has 0 saturated carbocycles. The van der Waals surface area contributed by atoms with E-state index in [1.165, 1.54) is 6.07 Å². The number of hydrogen-bond acceptors (Lipinski definition) is 6. The van der Waals surface area contributed by atoms with Crippen LogP contribution in [-0.4, -0.2) is 47.0 Å². The van der Waals surface area contributed by atoms with Crippen LogP contribution in [0.25, 0.3) is 0 Å². The molecule has 7 heteroatoms. The number of phenols is 1. The number of hydrogen-bond donors (Lipinski definition) is 1. The summed E-state index contributed by atoms with van der Waals surface area (Å²) in [6.07, 6.45) is 0.930. The first-order valence-corrected chi connectivity index (χ1v) is 10.9. The monoisotopic (exact) mass is 432 g/mol. The van der Waals surface area contributed by atoms with Crippen LogP contribution < -0.4 is 9.80 Å². The molecular formula is C25H25FN4O2. The van der Waals surface area contributed by atoms with Gasteiger partial charge in [0.25, 0.3) is 0 Å². The summed E-state index contributed by atoms with van der Waals surface area (Å²) in [4.78, 5) is 26.5. The minimum Gasteiger partial charge on any atom is -0.508 e. The second-order valence-electron chi connectivity index (χ2n) is 8.44. The number of halogens is 1. The van der Waals surface area contributed by atoms with E-state index < -0.39 is 0 Å². The van der Waals surface area contributed by atoms with Crippen LogP contribution >= 0.6 is 0 Å². The zero-order valence-corrected chi connectivity index (χ0v) is 18.0. The lowest BCUT2D eigenvalue weighted by molar-refractivity contribution is 0.0961. The van der Waals surface area contributed by atoms with Crippen molar-refractivity contribution in [2.75, 3.05) is 36.0 Å². The van der Waals surface area contributed by atoms with Crippen molar-refractivity contribution in [2.24, 2.45) is 0 Å². The second kappa shape index (κ2) is 8.22. The minimum atomic E-state index is -0.212. The average Bonchev–Trinajstić information content (AvgIpc) is 2.79. The third-order valence-corrected chi connectivity index (χ3v) is 6.44. The number of ketones is 1. The number of anilines is 2. The van der Waals surface area contributed by atoms with Gasteiger partial charge in [-0.15, -0.1) is 0 Å². The molecule has 0 radical (unpaired) electrons. The van der Waals surface area contributed by atoms with Gasteiger partial charge in [-0.1, -0.05) is 30.3 Å². The number of rotatable bonds is 3. The number of aryl methyl sites for hydroxylation is 1. The van der Waals surface area contributed by atoms with E-state index in [-0.39, 0.29) is 23.3 Å². The zero-order chi connectivity index (χ0) is 22.2. The van der Waals surface area contributed by atoms with Gasteiger partial charge in [0.1, 0.15) is 11.6 Å². The number of aromatic nitrogens is 2. The molecule has 5 rings (SSSR count). The predicted octanol–water partition coefficient (Wildman–Crippen LogP) is 3.87. The highest BCUT2D eigenvalue weighted by Gasteiger charge is 2.32. The van der Waals surface area contributed by atoms with Crippen molar-refractivity contribution >= 4 is 17.4 Å². The van der Waals surface area contributed by atoms with E-state index in [1.54, 1.807) is 24.3 Å². The molecule has 0 spiro atoms. The van der Waals surface area contributed by atoms with Gasteiger partial charge in [0, 0.05) is 38.5 Å². The summed E-state index contributed by atoms with van der Waals surface area (Å²) < 4.78 is 14.1. The highest BCUT2D eigenvalue weighted by molar-refractivity contribution is 5.99. The fraction of sp³-hybridized carbons (Fsp3) is 0.320. The fourth-order valence-corrected chi connectivity index (χ4v) is 4.81. The van der Waals surface area contributed by atoms with E-state index in [9.17, 15) is 14.3 Å². The number of carbonyl (C=O) groups is 1. The van der Waals surface area contributed by atoms with Gasteiger partial charge in [-0.2, -0.15) is 0 Å². The van der Waals surface area contributed by atoms with Crippen molar-refractivity contribution in [1.29, 1.82) is 0 Å². The quantitative estimate of drug-likeness (QED) is 0.678. The van der Waals surface area contributed by atoms with E-state index >= 15 is 0 Å². The van der Waals surface area contributed by atoms with Crippen LogP contribution in [-0.2, 0) is 6.42 Å². The lowest BCUT2D eigenvalue weighted by Gasteiger charge is -2.36. The molecule has 0 unspecified atom stereocenters. The van der Waals surface area contributed by atoms with Crippen LogP contribution in [0.4, 0.5) is 16.0 Å². The maximum Gasteiger partial charge on any atom is 0.225 e. The van der Waals surface area contributed by atoms with E-state index in [2.05, 4.69) is 9.88 Å². The second-order valence-corrected chi connectivity index (χ2v) is 8.44. The van der Waals surface area contributed by atoms with Crippen molar-refractivity contribution in [1.82, 2.24) is 9.97 Å². The van der Waals surface area contributed by atoms with Gasteiger partial charge < -0.3 is 14.9 Å². The average molecular weight is 432 g/mol. The molecule has 1 aromatic heterocycles. The van der Waals surface area contributed by atoms with E-state index in [4.69, 9.17) is 4.98 Å². The van der Waals surface area contributed by atoms with Gasteiger partial charge in [-0.3, -0.25) is 4.79 Å². The number of carbonyl (C=O) groups excluding carboxylic acids is 1. The van der Waals surface area contributed by atoms with Crippen molar-refractivity contribution in [3.8, 4) is 5.75 Å². The van der Waals surface area contributed by atoms with Crippen LogP contribution in [0.5, 0.6) is 5.75 Å². The molecule has 164 valence electrons. The van der Waals surface area contributed by atoms with E-state index in [0.29, 0.717) is 61.9 Å². The lowest BCUT2D eigenvalue weighted by Crippen LogP contribution is -2.47. The summed E-state index contributed by atoms with van der Waals surface area (Å²) in [5, 5.41) is 10.3. The maximum absolute atomic E-state index is 14.1. The topological polar surface area (TPSA) is 69.6 Å². The number of benzene rings is 2. The van der Waals surface area contributed by atoms with Gasteiger partial charge in [0.2, 0.25) is 5.95 Å². The van der Waals surface area contributed by atoms with Gasteiger partial charge in [0.05, 0.1) is 22.6 Å². The lowest BCUT2D eigenvalue weighted by atomic mass is 9.81. The highest BCUT2D eigenvalue weighted by atomic mass is 19.1. The van der Waals surface area contributed by atoms with Crippen molar-refractivity contribution in [3.63, 3.8) is 0 Å². The molecule has 1 aliphatic carbocycles. The molecule has 1 atom stereocenters. The van der Waals surface area contributed by atoms with Gasteiger partial charge in [-0.25, -0.2) is 14.4 Å². The van der Waals surface area contributed by atoms with Crippen molar-refractivity contribution < 1.29 is 14.3 Å². The van der Waals surface area contributed by atoms with E-state index in [0.717, 1.165) is 11.3 Å². The summed E-state index contributed by atoms with van der Waals surface area (Å²) >= 11 is 0. The molecule has 0 bridgehead atoms. The number of aromatic hydroxyl groups is 1. The first-order chi connectivity index (χ1) is 15.5. The number of piperazine rings is 1. The minimum absolute atomic E-state index is 0.0212. The summed E-state index contributed by atoms with van der Waals surface area (Å²) in [7, 11) is 0. The molecule has 2 heterocycles. The third-order valence-electron chi connectivity index (χ3n) is 6.44. The SMILES string of the molecule is Cc1nc(N2CCN(c3ccccc3F)CC2)nc2c1C(=O)C[C@@H](c1ccccc1O)C2. The first-order valence-electron chi connectivity index (χ1n) is 10.9. The van der Waals surface area contributed by atoms with Crippen molar-refractivity contribution in [3.05, 3.63) is 76.9 Å². The Kier molecular flexibility index (Phi) is 5.25. The van der Waals surface area contributed by atoms with Gasteiger partial charge in [0.15, 0.2) is 5.78 Å². The molecule has 1 fully saturated rings. The Balaban J connectivity index is 1.38. The Bertz CT molecular complexity index is 1170. The zero-order valence-electron chi connectivity index (χ0n) is 18.0. The molecule has 2 aromatic carbocycles. The Morgan fingerprint density at radius 1 is 0.938 bits per heavy atom. The Labute approximate surface area is 186 Å². The molecule has 2 aliphatic rings. The number of nitrogens with zero attached hydrogens (tertiary/aromatic N) is 4. The fourth-order valence-electron chi connectivity index (χ4n) is 4.81. The Hall–Kier alpha value is -3.48. The molecule has 1 aliphatic heterocycles. The van der Waals surface area contributed by atoms with Crippen molar-refractivity contribution in [2.45, 2.75) is 25.7 Å². The Morgan fingerprint density at radius 2 is 1.62 bits per heavy atom. The normalized spacial score (nSPS) is 18.6. The summed E-state index contributed by atoms with van der Waals surface area (Å²) in [6.45, 7) is 4.53. The van der Waals surface area contributed by atoms with Crippen LogP contribution in [0.2, 0.25) is 0 Å². The molecule has 32 heavy (non-hydrogen) atoms. The predicted molar refractivity (Wildman–Crippen MR) is 121 cm³/mol. The largest absolute Gasteiger partial charge is 0.508 e. The molecule has 6 nitrogen and oxygen atoms in total. The molecule has 1 N–H and O–H groups in total. The molecule has 0 amide bonds. The molecular weight excluding hydrogens is 407 g/mol. The van der Waals surface area contributed by atoms with Crippen LogP contribution in [0.1, 0.15) is 39.6 Å². The van der Waals surface area contributed by atoms with E-state index in [1.807, 2.05) is 30.0 Å². The molecule has 3 aromatic rings. The third kappa shape index (κ3) is 3.68. The first kappa shape index (κ1) is 20.4. The summed E-state index contributed by atoms with van der Waals surface area (Å²) in [6, 6.07) is 14.0.